The lowest BCUT2D eigenvalue weighted by atomic mass is 10.4. The molecule has 1 saturated heterocycles. The molecule has 0 amide bonds. The van der Waals surface area contributed by atoms with E-state index in [-0.39, 0.29) is 0 Å². The quantitative estimate of drug-likeness (QED) is 0.281. The van der Waals surface area contributed by atoms with Gasteiger partial charge in [0.15, 0.2) is 5.84 Å². The molecular weight excluding hydrogens is 174 g/mol. The van der Waals surface area contributed by atoms with Gasteiger partial charge in [0.1, 0.15) is 0 Å². The van der Waals surface area contributed by atoms with Crippen LogP contribution in [-0.4, -0.2) is 47.1 Å². The molecule has 5 heteroatoms. The maximum absolute atomic E-state index is 8.37. The number of thioether (sulfide) groups is 1. The summed E-state index contributed by atoms with van der Waals surface area (Å²) in [5.41, 5.74) is 5.41. The summed E-state index contributed by atoms with van der Waals surface area (Å²) in [7, 11) is 0. The number of rotatable bonds is 2. The predicted molar refractivity (Wildman–Crippen MR) is 51.8 cm³/mol. The molecule has 1 heterocycles. The Labute approximate surface area is 76.8 Å². The fourth-order valence-electron chi connectivity index (χ4n) is 1.22. The van der Waals surface area contributed by atoms with Gasteiger partial charge < -0.3 is 10.9 Å². The van der Waals surface area contributed by atoms with Crippen molar-refractivity contribution in [2.24, 2.45) is 10.9 Å². The van der Waals surface area contributed by atoms with Crippen LogP contribution in [0.15, 0.2) is 5.16 Å². The van der Waals surface area contributed by atoms with Crippen molar-refractivity contribution in [1.82, 2.24) is 4.90 Å². The first-order valence-electron chi connectivity index (χ1n) is 4.09. The summed E-state index contributed by atoms with van der Waals surface area (Å²) in [4.78, 5) is 2.22. The molecule has 4 nitrogen and oxygen atoms in total. The van der Waals surface area contributed by atoms with E-state index in [0.29, 0.717) is 12.4 Å². The second-order valence-electron chi connectivity index (χ2n) is 2.83. The number of hydrogen-bond acceptors (Lipinski definition) is 4. The summed E-state index contributed by atoms with van der Waals surface area (Å²) in [5, 5.41) is 11.3. The van der Waals surface area contributed by atoms with Gasteiger partial charge in [-0.05, 0) is 18.7 Å². The van der Waals surface area contributed by atoms with E-state index in [0.717, 1.165) is 18.8 Å². The summed E-state index contributed by atoms with van der Waals surface area (Å²) in [6, 6.07) is 0. The van der Waals surface area contributed by atoms with Crippen LogP contribution in [0.25, 0.3) is 0 Å². The maximum Gasteiger partial charge on any atom is 0.153 e. The molecule has 0 unspecified atom stereocenters. The van der Waals surface area contributed by atoms with Gasteiger partial charge in [0.25, 0.3) is 0 Å². The van der Waals surface area contributed by atoms with E-state index in [4.69, 9.17) is 10.9 Å². The molecule has 0 aliphatic carbocycles. The molecule has 0 aromatic heterocycles. The summed E-state index contributed by atoms with van der Waals surface area (Å²) in [5.74, 6) is 2.69. The zero-order chi connectivity index (χ0) is 8.81. The molecule has 3 N–H and O–H groups in total. The molecule has 1 aliphatic rings. The predicted octanol–water partition coefficient (Wildman–Crippen LogP) is 0.172. The standard InChI is InChI=1S/C7H15N3OS/c8-7(9-11)6-10-2-1-4-12-5-3-10/h11H,1-6H2,(H2,8,9). The molecule has 0 atom stereocenters. The third-order valence-electron chi connectivity index (χ3n) is 1.83. The van der Waals surface area contributed by atoms with Gasteiger partial charge in [-0.2, -0.15) is 11.8 Å². The Morgan fingerprint density at radius 3 is 3.08 bits per heavy atom. The lowest BCUT2D eigenvalue weighted by Crippen LogP contribution is -2.35. The number of oxime groups is 1. The highest BCUT2D eigenvalue weighted by Crippen LogP contribution is 2.09. The molecule has 1 aliphatic heterocycles. The smallest absolute Gasteiger partial charge is 0.153 e. The molecule has 0 aromatic rings. The van der Waals surface area contributed by atoms with Crippen LogP contribution in [0.5, 0.6) is 0 Å². The van der Waals surface area contributed by atoms with Crippen LogP contribution in [0.4, 0.5) is 0 Å². The Morgan fingerprint density at radius 2 is 2.33 bits per heavy atom. The fourth-order valence-corrected chi connectivity index (χ4v) is 2.14. The van der Waals surface area contributed by atoms with E-state index in [2.05, 4.69) is 10.1 Å². The zero-order valence-corrected chi connectivity index (χ0v) is 7.89. The molecule has 70 valence electrons. The number of nitrogens with two attached hydrogens (primary N) is 1. The first-order chi connectivity index (χ1) is 5.83. The molecule has 0 spiro atoms. The van der Waals surface area contributed by atoms with Gasteiger partial charge in [0, 0.05) is 12.3 Å². The minimum Gasteiger partial charge on any atom is -0.409 e. The maximum atomic E-state index is 8.37. The zero-order valence-electron chi connectivity index (χ0n) is 7.07. The average Bonchev–Trinajstić information content (AvgIpc) is 2.33. The van der Waals surface area contributed by atoms with E-state index in [9.17, 15) is 0 Å². The lowest BCUT2D eigenvalue weighted by Gasteiger charge is -2.17. The van der Waals surface area contributed by atoms with Crippen LogP contribution in [0.3, 0.4) is 0 Å². The van der Waals surface area contributed by atoms with Crippen molar-refractivity contribution in [2.45, 2.75) is 6.42 Å². The second kappa shape index (κ2) is 5.27. The molecule has 0 saturated carbocycles. The summed E-state index contributed by atoms with van der Waals surface area (Å²) in [6.45, 7) is 2.70. The van der Waals surface area contributed by atoms with Crippen molar-refractivity contribution in [3.63, 3.8) is 0 Å². The van der Waals surface area contributed by atoms with Gasteiger partial charge in [0.2, 0.25) is 0 Å². The van der Waals surface area contributed by atoms with E-state index in [1.807, 2.05) is 11.8 Å². The van der Waals surface area contributed by atoms with Crippen molar-refractivity contribution in [3.05, 3.63) is 0 Å². The summed E-state index contributed by atoms with van der Waals surface area (Å²) >= 11 is 1.97. The van der Waals surface area contributed by atoms with Crippen LogP contribution >= 0.6 is 11.8 Å². The third kappa shape index (κ3) is 3.32. The van der Waals surface area contributed by atoms with E-state index < -0.39 is 0 Å². The van der Waals surface area contributed by atoms with E-state index in [1.54, 1.807) is 0 Å². The Balaban J connectivity index is 2.29. The van der Waals surface area contributed by atoms with E-state index in [1.165, 1.54) is 12.2 Å². The first kappa shape index (κ1) is 9.67. The molecule has 0 aromatic carbocycles. The Morgan fingerprint density at radius 1 is 1.50 bits per heavy atom. The number of nitrogens with zero attached hydrogens (tertiary/aromatic N) is 2. The number of hydrogen-bond donors (Lipinski definition) is 2. The fraction of sp³-hybridized carbons (Fsp3) is 0.857. The molecule has 12 heavy (non-hydrogen) atoms. The Kier molecular flexibility index (Phi) is 4.24. The van der Waals surface area contributed by atoms with E-state index >= 15 is 0 Å². The normalized spacial score (nSPS) is 22.2. The highest BCUT2D eigenvalue weighted by molar-refractivity contribution is 7.99. The molecular formula is C7H15N3OS. The summed E-state index contributed by atoms with van der Waals surface area (Å²) in [6.07, 6.45) is 1.20. The average molecular weight is 189 g/mol. The third-order valence-corrected chi connectivity index (χ3v) is 2.88. The van der Waals surface area contributed by atoms with Gasteiger partial charge in [-0.3, -0.25) is 4.90 Å². The lowest BCUT2D eigenvalue weighted by molar-refractivity contribution is 0.301. The Bertz CT molecular complexity index is 155. The molecule has 1 rings (SSSR count). The van der Waals surface area contributed by atoms with Crippen LogP contribution in [0, 0.1) is 0 Å². The van der Waals surface area contributed by atoms with Gasteiger partial charge in [-0.15, -0.1) is 0 Å². The van der Waals surface area contributed by atoms with Crippen LogP contribution < -0.4 is 5.73 Å². The van der Waals surface area contributed by atoms with Crippen molar-refractivity contribution >= 4 is 17.6 Å². The van der Waals surface area contributed by atoms with Crippen molar-refractivity contribution < 1.29 is 5.21 Å². The highest BCUT2D eigenvalue weighted by atomic mass is 32.2. The van der Waals surface area contributed by atoms with Gasteiger partial charge in [0.05, 0.1) is 6.54 Å². The Hall–Kier alpha value is -0.420. The molecule has 0 bridgehead atoms. The van der Waals surface area contributed by atoms with Crippen molar-refractivity contribution in [2.75, 3.05) is 31.1 Å². The van der Waals surface area contributed by atoms with Crippen molar-refractivity contribution in [1.29, 1.82) is 0 Å². The SMILES string of the molecule is N/C(CN1CCCSCC1)=N\O. The van der Waals surface area contributed by atoms with Crippen LogP contribution in [0.1, 0.15) is 6.42 Å². The topological polar surface area (TPSA) is 61.8 Å². The van der Waals surface area contributed by atoms with Crippen LogP contribution in [0.2, 0.25) is 0 Å². The summed E-state index contributed by atoms with van der Waals surface area (Å²) < 4.78 is 0. The largest absolute Gasteiger partial charge is 0.409 e. The van der Waals surface area contributed by atoms with Gasteiger partial charge in [-0.1, -0.05) is 5.16 Å². The van der Waals surface area contributed by atoms with Crippen molar-refractivity contribution in [3.8, 4) is 0 Å². The minimum atomic E-state index is 0.307. The minimum absolute atomic E-state index is 0.307. The van der Waals surface area contributed by atoms with Gasteiger partial charge in [-0.25, -0.2) is 0 Å². The molecule has 0 radical (unpaired) electrons. The number of amidine groups is 1. The molecule has 1 fully saturated rings. The first-order valence-corrected chi connectivity index (χ1v) is 5.25. The highest BCUT2D eigenvalue weighted by Gasteiger charge is 2.09. The van der Waals surface area contributed by atoms with Gasteiger partial charge >= 0.3 is 0 Å². The second-order valence-corrected chi connectivity index (χ2v) is 4.06. The monoisotopic (exact) mass is 189 g/mol. The van der Waals surface area contributed by atoms with Crippen LogP contribution in [-0.2, 0) is 0 Å².